The van der Waals surface area contributed by atoms with Gasteiger partial charge in [0.2, 0.25) is 12.1 Å². The van der Waals surface area contributed by atoms with Crippen molar-refractivity contribution in [3.8, 4) is 5.75 Å². The molecule has 3 aromatic rings. The van der Waals surface area contributed by atoms with Gasteiger partial charge in [-0.3, -0.25) is 0 Å². The standard InChI is InChI=1S/C21H24NO3.C3H8/c1-14-6-9-19-18(10-14)17-8-7-16(24-5)11-15(17)12-22(19)13-20(23)25-21(2,3)4;1-3-2/h6-12H,13H2,1-5H3;3H2,1-2H3/q+1;. The highest BCUT2D eigenvalue weighted by Crippen LogP contribution is 2.27. The Hall–Kier alpha value is -2.62. The van der Waals surface area contributed by atoms with Gasteiger partial charge in [-0.05, 0) is 52.0 Å². The molecule has 0 fully saturated rings. The molecule has 0 unspecified atom stereocenters. The molecule has 0 N–H and O–H groups in total. The predicted molar refractivity (Wildman–Crippen MR) is 115 cm³/mol. The van der Waals surface area contributed by atoms with Gasteiger partial charge >= 0.3 is 5.97 Å². The second-order valence-electron chi connectivity index (χ2n) is 8.02. The van der Waals surface area contributed by atoms with Gasteiger partial charge in [0.05, 0.1) is 17.9 Å². The first-order chi connectivity index (χ1) is 13.2. The number of benzene rings is 2. The molecule has 2 aromatic carbocycles. The highest BCUT2D eigenvalue weighted by molar-refractivity contribution is 6.04. The van der Waals surface area contributed by atoms with Crippen molar-refractivity contribution in [1.29, 1.82) is 0 Å². The van der Waals surface area contributed by atoms with E-state index in [0.717, 1.165) is 27.4 Å². The summed E-state index contributed by atoms with van der Waals surface area (Å²) in [5, 5.41) is 3.28. The first-order valence-corrected chi connectivity index (χ1v) is 9.81. The average Bonchev–Trinajstić information content (AvgIpc) is 2.60. The summed E-state index contributed by atoms with van der Waals surface area (Å²) in [5.41, 5.74) is 1.69. The Labute approximate surface area is 168 Å². The molecule has 0 atom stereocenters. The maximum Gasteiger partial charge on any atom is 0.373 e. The van der Waals surface area contributed by atoms with E-state index in [4.69, 9.17) is 9.47 Å². The molecule has 0 aliphatic carbocycles. The third-order valence-corrected chi connectivity index (χ3v) is 4.02. The average molecular weight is 383 g/mol. The number of carbonyl (C=O) groups is 1. The molecule has 4 nitrogen and oxygen atoms in total. The van der Waals surface area contributed by atoms with Crippen LogP contribution in [0, 0.1) is 6.92 Å². The molecule has 0 radical (unpaired) electrons. The van der Waals surface area contributed by atoms with Crippen molar-refractivity contribution in [1.82, 2.24) is 0 Å². The fourth-order valence-electron chi connectivity index (χ4n) is 3.02. The normalized spacial score (nSPS) is 11.1. The van der Waals surface area contributed by atoms with Crippen LogP contribution < -0.4 is 9.30 Å². The number of rotatable bonds is 3. The van der Waals surface area contributed by atoms with Gasteiger partial charge in [-0.2, -0.15) is 4.57 Å². The number of ether oxygens (including phenoxy) is 2. The van der Waals surface area contributed by atoms with Crippen LogP contribution in [0.3, 0.4) is 0 Å². The fraction of sp³-hybridized carbons (Fsp3) is 0.417. The van der Waals surface area contributed by atoms with Crippen molar-refractivity contribution in [3.05, 3.63) is 48.2 Å². The number of nitrogens with zero attached hydrogens (tertiary/aromatic N) is 1. The maximum absolute atomic E-state index is 12.3. The first-order valence-electron chi connectivity index (χ1n) is 9.81. The maximum atomic E-state index is 12.3. The van der Waals surface area contributed by atoms with Gasteiger partial charge in [0.25, 0.3) is 0 Å². The van der Waals surface area contributed by atoms with Crippen LogP contribution in [0.4, 0.5) is 0 Å². The zero-order valence-corrected chi connectivity index (χ0v) is 18.1. The molecule has 150 valence electrons. The minimum atomic E-state index is -0.496. The van der Waals surface area contributed by atoms with E-state index in [1.807, 2.05) is 43.7 Å². The van der Waals surface area contributed by atoms with Gasteiger partial charge in [-0.1, -0.05) is 31.9 Å². The Kier molecular flexibility index (Phi) is 7.00. The fourth-order valence-corrected chi connectivity index (χ4v) is 3.02. The predicted octanol–water partition coefficient (Wildman–Crippen LogP) is 5.36. The quantitative estimate of drug-likeness (QED) is 0.348. The largest absolute Gasteiger partial charge is 0.497 e. The van der Waals surface area contributed by atoms with Crippen LogP contribution in [0.1, 0.15) is 46.6 Å². The summed E-state index contributed by atoms with van der Waals surface area (Å²) >= 11 is 0. The molecule has 0 saturated heterocycles. The van der Waals surface area contributed by atoms with E-state index in [9.17, 15) is 4.79 Å². The summed E-state index contributed by atoms with van der Waals surface area (Å²) < 4.78 is 12.8. The van der Waals surface area contributed by atoms with E-state index in [1.165, 1.54) is 12.0 Å². The van der Waals surface area contributed by atoms with Crippen molar-refractivity contribution < 1.29 is 18.8 Å². The molecule has 0 amide bonds. The number of fused-ring (bicyclic) bond motifs is 3. The number of carbonyl (C=O) groups excluding carboxylic acids is 1. The smallest absolute Gasteiger partial charge is 0.373 e. The number of hydrogen-bond donors (Lipinski definition) is 0. The van der Waals surface area contributed by atoms with Crippen LogP contribution in [0.25, 0.3) is 21.7 Å². The number of aryl methyl sites for hydroxylation is 1. The molecule has 0 aliphatic heterocycles. The number of esters is 1. The van der Waals surface area contributed by atoms with Crippen LogP contribution >= 0.6 is 0 Å². The van der Waals surface area contributed by atoms with Crippen molar-refractivity contribution in [2.24, 2.45) is 0 Å². The number of methoxy groups -OCH3 is 1. The molecule has 1 heterocycles. The van der Waals surface area contributed by atoms with Crippen LogP contribution in [0.15, 0.2) is 42.6 Å². The molecular formula is C24H32NO3+. The molecule has 0 aliphatic rings. The lowest BCUT2D eigenvalue weighted by Gasteiger charge is -2.18. The van der Waals surface area contributed by atoms with Crippen molar-refractivity contribution in [3.63, 3.8) is 0 Å². The minimum Gasteiger partial charge on any atom is -0.497 e. The molecule has 0 bridgehead atoms. The number of hydrogen-bond acceptors (Lipinski definition) is 3. The molecule has 1 aromatic heterocycles. The van der Waals surface area contributed by atoms with Crippen LogP contribution in [0.2, 0.25) is 0 Å². The van der Waals surface area contributed by atoms with E-state index in [0.29, 0.717) is 0 Å². The highest BCUT2D eigenvalue weighted by Gasteiger charge is 2.22. The van der Waals surface area contributed by atoms with E-state index < -0.39 is 5.60 Å². The van der Waals surface area contributed by atoms with Gasteiger partial charge in [0.15, 0.2) is 6.20 Å². The second-order valence-corrected chi connectivity index (χ2v) is 8.02. The summed E-state index contributed by atoms with van der Waals surface area (Å²) in [7, 11) is 1.65. The monoisotopic (exact) mass is 382 g/mol. The number of aromatic nitrogens is 1. The van der Waals surface area contributed by atoms with Gasteiger partial charge in [0.1, 0.15) is 11.4 Å². The van der Waals surface area contributed by atoms with Gasteiger partial charge < -0.3 is 9.47 Å². The van der Waals surface area contributed by atoms with Gasteiger partial charge in [0, 0.05) is 11.5 Å². The first kappa shape index (κ1) is 21.7. The summed E-state index contributed by atoms with van der Waals surface area (Å²) in [6.07, 6.45) is 3.24. The van der Waals surface area contributed by atoms with Crippen molar-refractivity contribution in [2.45, 2.75) is 60.1 Å². The molecule has 28 heavy (non-hydrogen) atoms. The Morgan fingerprint density at radius 3 is 2.32 bits per heavy atom. The zero-order chi connectivity index (χ0) is 20.9. The Morgan fingerprint density at radius 2 is 1.71 bits per heavy atom. The second kappa shape index (κ2) is 9.05. The number of pyridine rings is 1. The Balaban J connectivity index is 0.000000878. The lowest BCUT2D eigenvalue weighted by molar-refractivity contribution is -0.659. The summed E-state index contributed by atoms with van der Waals surface area (Å²) in [4.78, 5) is 12.3. The summed E-state index contributed by atoms with van der Waals surface area (Å²) in [6.45, 7) is 12.1. The topological polar surface area (TPSA) is 39.4 Å². The minimum absolute atomic E-state index is 0.171. The summed E-state index contributed by atoms with van der Waals surface area (Å²) in [5.74, 6) is 0.546. The molecular weight excluding hydrogens is 350 g/mol. The van der Waals surface area contributed by atoms with Crippen LogP contribution in [-0.2, 0) is 16.1 Å². The molecule has 3 rings (SSSR count). The van der Waals surface area contributed by atoms with Crippen molar-refractivity contribution in [2.75, 3.05) is 7.11 Å². The lowest BCUT2D eigenvalue weighted by atomic mass is 10.0. The van der Waals surface area contributed by atoms with Gasteiger partial charge in [-0.25, -0.2) is 4.79 Å². The third kappa shape index (κ3) is 5.44. The molecule has 0 saturated carbocycles. The van der Waals surface area contributed by atoms with E-state index in [2.05, 4.69) is 45.0 Å². The zero-order valence-electron chi connectivity index (χ0n) is 18.1. The van der Waals surface area contributed by atoms with Crippen molar-refractivity contribution >= 4 is 27.6 Å². The van der Waals surface area contributed by atoms with Crippen LogP contribution in [-0.4, -0.2) is 18.7 Å². The van der Waals surface area contributed by atoms with E-state index in [1.54, 1.807) is 7.11 Å². The van der Waals surface area contributed by atoms with Gasteiger partial charge in [-0.15, -0.1) is 0 Å². The Morgan fingerprint density at radius 1 is 1.04 bits per heavy atom. The van der Waals surface area contributed by atoms with E-state index >= 15 is 0 Å². The van der Waals surface area contributed by atoms with E-state index in [-0.39, 0.29) is 12.5 Å². The third-order valence-electron chi connectivity index (χ3n) is 4.02. The summed E-state index contributed by atoms with van der Waals surface area (Å²) in [6, 6.07) is 12.3. The van der Waals surface area contributed by atoms with Crippen LogP contribution in [0.5, 0.6) is 5.75 Å². The molecule has 4 heteroatoms. The SMILES string of the molecule is CCC.COc1ccc2c(c1)c[n+](CC(=O)OC(C)(C)C)c1ccc(C)cc21. The Bertz CT molecular complexity index is 971. The molecule has 0 spiro atoms. The highest BCUT2D eigenvalue weighted by atomic mass is 16.6. The lowest BCUT2D eigenvalue weighted by Crippen LogP contribution is -2.41.